The number of aromatic nitrogens is 1. The zero-order valence-electron chi connectivity index (χ0n) is 12.4. The van der Waals surface area contributed by atoms with E-state index >= 15 is 0 Å². The summed E-state index contributed by atoms with van der Waals surface area (Å²) in [6.45, 7) is 3.94. The maximum atomic E-state index is 11.9. The Hall–Kier alpha value is -2.08. The van der Waals surface area contributed by atoms with Crippen molar-refractivity contribution in [3.05, 3.63) is 28.8 Å². The molecule has 0 amide bonds. The predicted octanol–water partition coefficient (Wildman–Crippen LogP) is 3.31. The minimum Gasteiger partial charge on any atom is -0.493 e. The third-order valence-electron chi connectivity index (χ3n) is 2.90. The largest absolute Gasteiger partial charge is 0.493 e. The van der Waals surface area contributed by atoms with Gasteiger partial charge in [0.1, 0.15) is 5.01 Å². The lowest BCUT2D eigenvalue weighted by atomic mass is 10.2. The lowest BCUT2D eigenvalue weighted by Crippen LogP contribution is -2.06. The van der Waals surface area contributed by atoms with Crippen LogP contribution in [0.5, 0.6) is 11.5 Å². The Morgan fingerprint density at radius 2 is 2.05 bits per heavy atom. The van der Waals surface area contributed by atoms with Gasteiger partial charge in [-0.25, -0.2) is 9.78 Å². The Labute approximate surface area is 127 Å². The first-order valence-electron chi connectivity index (χ1n) is 6.48. The molecular weight excluding hydrogens is 290 g/mol. The van der Waals surface area contributed by atoms with Crippen LogP contribution in [0.1, 0.15) is 22.3 Å². The lowest BCUT2D eigenvalue weighted by molar-refractivity contribution is 0.0519. The predicted molar refractivity (Wildman–Crippen MR) is 81.3 cm³/mol. The SMILES string of the molecule is CCOC(=O)c1nc(-c2cccc(OC)c2OC)sc1C. The van der Waals surface area contributed by atoms with E-state index in [0.29, 0.717) is 28.8 Å². The van der Waals surface area contributed by atoms with E-state index in [2.05, 4.69) is 4.98 Å². The molecule has 0 saturated carbocycles. The molecule has 21 heavy (non-hydrogen) atoms. The van der Waals surface area contributed by atoms with Crippen LogP contribution in [0, 0.1) is 6.92 Å². The molecule has 0 N–H and O–H groups in total. The zero-order chi connectivity index (χ0) is 15.4. The maximum absolute atomic E-state index is 11.9. The van der Waals surface area contributed by atoms with E-state index in [9.17, 15) is 4.79 Å². The highest BCUT2D eigenvalue weighted by Crippen LogP contribution is 2.40. The second kappa shape index (κ2) is 6.58. The molecule has 112 valence electrons. The maximum Gasteiger partial charge on any atom is 0.358 e. The first kappa shape index (κ1) is 15.3. The number of thiazole rings is 1. The number of rotatable bonds is 5. The molecule has 6 heteroatoms. The van der Waals surface area contributed by atoms with E-state index in [4.69, 9.17) is 14.2 Å². The number of hydrogen-bond acceptors (Lipinski definition) is 6. The number of nitrogens with zero attached hydrogens (tertiary/aromatic N) is 1. The van der Waals surface area contributed by atoms with Crippen molar-refractivity contribution in [1.82, 2.24) is 4.98 Å². The van der Waals surface area contributed by atoms with Gasteiger partial charge >= 0.3 is 5.97 Å². The molecule has 0 saturated heterocycles. The number of carbonyl (C=O) groups is 1. The molecule has 0 bridgehead atoms. The van der Waals surface area contributed by atoms with E-state index in [1.54, 1.807) is 21.1 Å². The molecule has 5 nitrogen and oxygen atoms in total. The average Bonchev–Trinajstić information content (AvgIpc) is 2.88. The molecule has 0 spiro atoms. The van der Waals surface area contributed by atoms with E-state index in [1.807, 2.05) is 25.1 Å². The Morgan fingerprint density at radius 1 is 1.29 bits per heavy atom. The molecule has 0 radical (unpaired) electrons. The average molecular weight is 307 g/mol. The lowest BCUT2D eigenvalue weighted by Gasteiger charge is -2.10. The minimum atomic E-state index is -0.403. The molecule has 1 aromatic heterocycles. The molecule has 2 rings (SSSR count). The Kier molecular flexibility index (Phi) is 4.80. The number of esters is 1. The summed E-state index contributed by atoms with van der Waals surface area (Å²) < 4.78 is 15.7. The number of para-hydroxylation sites is 1. The van der Waals surface area contributed by atoms with Gasteiger partial charge < -0.3 is 14.2 Å². The quantitative estimate of drug-likeness (QED) is 0.793. The normalized spacial score (nSPS) is 10.3. The summed E-state index contributed by atoms with van der Waals surface area (Å²) in [6.07, 6.45) is 0. The highest BCUT2D eigenvalue weighted by Gasteiger charge is 2.20. The third kappa shape index (κ3) is 3.00. The van der Waals surface area contributed by atoms with Crippen LogP contribution in [0.2, 0.25) is 0 Å². The van der Waals surface area contributed by atoms with E-state index in [0.717, 1.165) is 10.4 Å². The van der Waals surface area contributed by atoms with Gasteiger partial charge in [-0.1, -0.05) is 6.07 Å². The van der Waals surface area contributed by atoms with Gasteiger partial charge in [0.25, 0.3) is 0 Å². The van der Waals surface area contributed by atoms with Crippen LogP contribution in [-0.2, 0) is 4.74 Å². The summed E-state index contributed by atoms with van der Waals surface area (Å²) in [4.78, 5) is 17.1. The van der Waals surface area contributed by atoms with E-state index < -0.39 is 5.97 Å². The van der Waals surface area contributed by atoms with Gasteiger partial charge in [0.15, 0.2) is 17.2 Å². The van der Waals surface area contributed by atoms with Crippen LogP contribution in [0.3, 0.4) is 0 Å². The zero-order valence-corrected chi connectivity index (χ0v) is 13.2. The molecule has 1 heterocycles. The van der Waals surface area contributed by atoms with Crippen LogP contribution in [0.15, 0.2) is 18.2 Å². The number of aryl methyl sites for hydroxylation is 1. The first-order chi connectivity index (χ1) is 10.1. The van der Waals surface area contributed by atoms with Crippen LogP contribution < -0.4 is 9.47 Å². The van der Waals surface area contributed by atoms with Crippen LogP contribution in [0.25, 0.3) is 10.6 Å². The van der Waals surface area contributed by atoms with Crippen molar-refractivity contribution in [2.75, 3.05) is 20.8 Å². The number of benzene rings is 1. The molecule has 0 aliphatic rings. The summed E-state index contributed by atoms with van der Waals surface area (Å²) in [5.74, 6) is 0.823. The fourth-order valence-electron chi connectivity index (χ4n) is 1.96. The van der Waals surface area contributed by atoms with Gasteiger partial charge in [-0.15, -0.1) is 11.3 Å². The van der Waals surface area contributed by atoms with Crippen molar-refractivity contribution in [1.29, 1.82) is 0 Å². The summed E-state index contributed by atoms with van der Waals surface area (Å²) >= 11 is 1.42. The molecular formula is C15H17NO4S. The fourth-order valence-corrected chi connectivity index (χ4v) is 2.88. The highest BCUT2D eigenvalue weighted by atomic mass is 32.1. The van der Waals surface area contributed by atoms with Gasteiger partial charge in [0.05, 0.1) is 26.4 Å². The van der Waals surface area contributed by atoms with Crippen molar-refractivity contribution in [2.24, 2.45) is 0 Å². The molecule has 0 atom stereocenters. The number of carbonyl (C=O) groups excluding carboxylic acids is 1. The van der Waals surface area contributed by atoms with Crippen molar-refractivity contribution in [3.8, 4) is 22.1 Å². The number of methoxy groups -OCH3 is 2. The minimum absolute atomic E-state index is 0.327. The standard InChI is InChI=1S/C15H17NO4S/c1-5-20-15(17)12-9(2)21-14(16-12)10-7-6-8-11(18-3)13(10)19-4/h6-8H,5H2,1-4H3. The fraction of sp³-hybridized carbons (Fsp3) is 0.333. The van der Waals surface area contributed by atoms with Crippen molar-refractivity contribution in [3.63, 3.8) is 0 Å². The number of ether oxygens (including phenoxy) is 3. The summed E-state index contributed by atoms with van der Waals surface area (Å²) in [5, 5.41) is 0.700. The molecule has 2 aromatic rings. The second-order valence-corrected chi connectivity index (χ2v) is 5.39. The monoisotopic (exact) mass is 307 g/mol. The smallest absolute Gasteiger partial charge is 0.358 e. The van der Waals surface area contributed by atoms with Crippen molar-refractivity contribution >= 4 is 17.3 Å². The highest BCUT2D eigenvalue weighted by molar-refractivity contribution is 7.15. The Bertz CT molecular complexity index is 651. The summed E-state index contributed by atoms with van der Waals surface area (Å²) in [7, 11) is 3.16. The molecule has 0 aliphatic heterocycles. The van der Waals surface area contributed by atoms with Gasteiger partial charge in [-0.05, 0) is 26.0 Å². The number of hydrogen-bond donors (Lipinski definition) is 0. The second-order valence-electron chi connectivity index (χ2n) is 4.19. The van der Waals surface area contributed by atoms with Gasteiger partial charge in [-0.2, -0.15) is 0 Å². The summed E-state index contributed by atoms with van der Waals surface area (Å²) in [5.41, 5.74) is 1.14. The first-order valence-corrected chi connectivity index (χ1v) is 7.29. The Morgan fingerprint density at radius 3 is 2.67 bits per heavy atom. The van der Waals surface area contributed by atoms with Crippen LogP contribution in [0.4, 0.5) is 0 Å². The molecule has 0 aliphatic carbocycles. The molecule has 0 fully saturated rings. The van der Waals surface area contributed by atoms with Crippen LogP contribution >= 0.6 is 11.3 Å². The Balaban J connectivity index is 2.48. The van der Waals surface area contributed by atoms with Gasteiger partial charge in [0.2, 0.25) is 0 Å². The van der Waals surface area contributed by atoms with Crippen LogP contribution in [-0.4, -0.2) is 31.8 Å². The topological polar surface area (TPSA) is 57.7 Å². The summed E-state index contributed by atoms with van der Waals surface area (Å²) in [6, 6.07) is 5.56. The van der Waals surface area contributed by atoms with E-state index in [1.165, 1.54) is 11.3 Å². The molecule has 1 aromatic carbocycles. The van der Waals surface area contributed by atoms with Crippen molar-refractivity contribution in [2.45, 2.75) is 13.8 Å². The third-order valence-corrected chi connectivity index (χ3v) is 3.90. The van der Waals surface area contributed by atoms with Crippen molar-refractivity contribution < 1.29 is 19.0 Å². The van der Waals surface area contributed by atoms with Gasteiger partial charge in [-0.3, -0.25) is 0 Å². The van der Waals surface area contributed by atoms with Gasteiger partial charge in [0, 0.05) is 4.88 Å². The van der Waals surface area contributed by atoms with E-state index in [-0.39, 0.29) is 0 Å². The molecule has 0 unspecified atom stereocenters.